The van der Waals surface area contributed by atoms with Crippen molar-refractivity contribution in [1.82, 2.24) is 10.3 Å². The monoisotopic (exact) mass is 456 g/mol. The van der Waals surface area contributed by atoms with Crippen LogP contribution in [0.3, 0.4) is 0 Å². The molecule has 4 aromatic rings. The van der Waals surface area contributed by atoms with Crippen molar-refractivity contribution in [2.75, 3.05) is 23.3 Å². The summed E-state index contributed by atoms with van der Waals surface area (Å²) in [5.41, 5.74) is 4.86. The molecule has 174 valence electrons. The topological polar surface area (TPSA) is 90.4 Å². The number of nitrogens with one attached hydrogen (secondary N) is 3. The van der Waals surface area contributed by atoms with Crippen molar-refractivity contribution in [3.63, 3.8) is 0 Å². The third-order valence-corrected chi connectivity index (χ3v) is 6.27. The highest BCUT2D eigenvalue weighted by atomic mass is 16.3. The van der Waals surface area contributed by atoms with Crippen molar-refractivity contribution in [2.45, 2.75) is 32.9 Å². The number of benzene rings is 2. The van der Waals surface area contributed by atoms with Crippen molar-refractivity contribution in [3.05, 3.63) is 93.7 Å². The third kappa shape index (κ3) is 4.75. The van der Waals surface area contributed by atoms with Gasteiger partial charge < -0.3 is 24.9 Å². The van der Waals surface area contributed by atoms with Gasteiger partial charge in [-0.2, -0.15) is 0 Å². The fourth-order valence-corrected chi connectivity index (χ4v) is 4.55. The second-order valence-electron chi connectivity index (χ2n) is 8.76. The zero-order chi connectivity index (χ0) is 23.5. The van der Waals surface area contributed by atoms with Gasteiger partial charge in [-0.05, 0) is 73.4 Å². The van der Waals surface area contributed by atoms with Gasteiger partial charge in [0.2, 0.25) is 5.56 Å². The Labute approximate surface area is 197 Å². The van der Waals surface area contributed by atoms with E-state index in [4.69, 9.17) is 4.42 Å². The van der Waals surface area contributed by atoms with Gasteiger partial charge >= 0.3 is 0 Å². The van der Waals surface area contributed by atoms with Crippen LogP contribution in [0.1, 0.15) is 40.1 Å². The predicted octanol–water partition coefficient (Wildman–Crippen LogP) is 4.57. The van der Waals surface area contributed by atoms with Crippen molar-refractivity contribution in [1.29, 1.82) is 0 Å². The first-order valence-electron chi connectivity index (χ1n) is 11.6. The molecule has 2 aromatic heterocycles. The van der Waals surface area contributed by atoms with E-state index in [1.165, 1.54) is 0 Å². The van der Waals surface area contributed by atoms with Crippen molar-refractivity contribution >= 4 is 28.2 Å². The number of rotatable bonds is 7. The van der Waals surface area contributed by atoms with E-state index in [1.54, 1.807) is 12.3 Å². The van der Waals surface area contributed by atoms with Crippen LogP contribution in [0.25, 0.3) is 10.9 Å². The Morgan fingerprint density at radius 1 is 1.06 bits per heavy atom. The fraction of sp³-hybridized carbons (Fsp3) is 0.259. The molecular formula is C27H28N4O3. The number of hydrogen-bond donors (Lipinski definition) is 3. The summed E-state index contributed by atoms with van der Waals surface area (Å²) < 4.78 is 5.38. The number of pyridine rings is 1. The standard InChI is InChI=1S/C27H28N4O3/c1-18-13-26(32)30-24-8-7-20(15-22(18)24)29-27(33)23-14-19(16-28-17-21-5-4-12-34-21)6-9-25(23)31-10-2-3-11-31/h4-9,12-15,28H,2-3,10-11,16-17H2,1H3,(H,29,33)(H,30,32). The van der Waals surface area contributed by atoms with Crippen LogP contribution in [-0.2, 0) is 13.1 Å². The minimum Gasteiger partial charge on any atom is -0.468 e. The first-order chi connectivity index (χ1) is 16.6. The maximum Gasteiger partial charge on any atom is 0.257 e. The normalized spacial score (nSPS) is 13.5. The molecule has 1 aliphatic rings. The molecule has 0 radical (unpaired) electrons. The summed E-state index contributed by atoms with van der Waals surface area (Å²) in [4.78, 5) is 30.3. The molecule has 2 aromatic carbocycles. The lowest BCUT2D eigenvalue weighted by Crippen LogP contribution is -2.23. The lowest BCUT2D eigenvalue weighted by Gasteiger charge is -2.22. The number of carbonyl (C=O) groups is 1. The number of H-pyrrole nitrogens is 1. The molecule has 1 aliphatic heterocycles. The van der Waals surface area contributed by atoms with Crippen LogP contribution in [0, 0.1) is 6.92 Å². The van der Waals surface area contributed by atoms with Gasteiger partial charge in [0.05, 0.1) is 18.4 Å². The Morgan fingerprint density at radius 2 is 1.91 bits per heavy atom. The van der Waals surface area contributed by atoms with Crippen LogP contribution in [0.15, 0.2) is 70.1 Å². The Balaban J connectivity index is 1.39. The van der Waals surface area contributed by atoms with Gasteiger partial charge in [-0.25, -0.2) is 0 Å². The average Bonchev–Trinajstić information content (AvgIpc) is 3.54. The quantitative estimate of drug-likeness (QED) is 0.379. The van der Waals surface area contributed by atoms with Crippen LogP contribution in [0.4, 0.5) is 11.4 Å². The number of fused-ring (bicyclic) bond motifs is 1. The van der Waals surface area contributed by atoms with E-state index in [0.717, 1.165) is 59.4 Å². The van der Waals surface area contributed by atoms with Crippen LogP contribution in [0.2, 0.25) is 0 Å². The summed E-state index contributed by atoms with van der Waals surface area (Å²) in [7, 11) is 0. The summed E-state index contributed by atoms with van der Waals surface area (Å²) in [5.74, 6) is 0.732. The predicted molar refractivity (Wildman–Crippen MR) is 134 cm³/mol. The Morgan fingerprint density at radius 3 is 2.71 bits per heavy atom. The highest BCUT2D eigenvalue weighted by Crippen LogP contribution is 2.28. The molecule has 1 amide bonds. The molecule has 0 saturated carbocycles. The van der Waals surface area contributed by atoms with Gasteiger partial charge in [0.15, 0.2) is 0 Å². The molecule has 3 N–H and O–H groups in total. The van der Waals surface area contributed by atoms with E-state index < -0.39 is 0 Å². The molecule has 0 bridgehead atoms. The van der Waals surface area contributed by atoms with Gasteiger partial charge in [-0.3, -0.25) is 9.59 Å². The zero-order valence-corrected chi connectivity index (χ0v) is 19.2. The Kier molecular flexibility index (Phi) is 6.18. The molecule has 5 rings (SSSR count). The first kappa shape index (κ1) is 22.0. The van der Waals surface area contributed by atoms with Gasteiger partial charge in [0, 0.05) is 48.0 Å². The molecule has 7 heteroatoms. The highest BCUT2D eigenvalue weighted by Gasteiger charge is 2.20. The number of aromatic nitrogens is 1. The minimum atomic E-state index is -0.142. The van der Waals surface area contributed by atoms with E-state index in [2.05, 4.69) is 32.7 Å². The largest absolute Gasteiger partial charge is 0.468 e. The summed E-state index contributed by atoms with van der Waals surface area (Å²) in [5, 5.41) is 7.35. The minimum absolute atomic E-state index is 0.130. The number of aryl methyl sites for hydroxylation is 1. The van der Waals surface area contributed by atoms with Crippen LogP contribution >= 0.6 is 0 Å². The van der Waals surface area contributed by atoms with Gasteiger partial charge in [0.1, 0.15) is 5.76 Å². The lowest BCUT2D eigenvalue weighted by molar-refractivity contribution is 0.102. The second-order valence-corrected chi connectivity index (χ2v) is 8.76. The second kappa shape index (κ2) is 9.57. The molecule has 3 heterocycles. The Hall–Kier alpha value is -3.84. The summed E-state index contributed by atoms with van der Waals surface area (Å²) >= 11 is 0. The molecule has 0 spiro atoms. The molecule has 0 aliphatic carbocycles. The maximum absolute atomic E-state index is 13.4. The van der Waals surface area contributed by atoms with E-state index in [0.29, 0.717) is 24.3 Å². The van der Waals surface area contributed by atoms with Gasteiger partial charge in [-0.1, -0.05) is 6.07 Å². The van der Waals surface area contributed by atoms with Crippen LogP contribution in [-0.4, -0.2) is 24.0 Å². The lowest BCUT2D eigenvalue weighted by atomic mass is 10.1. The van der Waals surface area contributed by atoms with E-state index in [9.17, 15) is 9.59 Å². The number of hydrogen-bond acceptors (Lipinski definition) is 5. The molecule has 34 heavy (non-hydrogen) atoms. The van der Waals surface area contributed by atoms with Crippen LogP contribution < -0.4 is 21.1 Å². The van der Waals surface area contributed by atoms with Crippen molar-refractivity contribution in [2.24, 2.45) is 0 Å². The van der Waals surface area contributed by atoms with Crippen molar-refractivity contribution < 1.29 is 9.21 Å². The van der Waals surface area contributed by atoms with Gasteiger partial charge in [0.25, 0.3) is 5.91 Å². The molecule has 0 atom stereocenters. The molecule has 7 nitrogen and oxygen atoms in total. The summed E-state index contributed by atoms with van der Waals surface area (Å²) in [6.07, 6.45) is 3.93. The number of amides is 1. The number of nitrogens with zero attached hydrogens (tertiary/aromatic N) is 1. The maximum atomic E-state index is 13.4. The Bertz CT molecular complexity index is 1370. The van der Waals surface area contributed by atoms with Gasteiger partial charge in [-0.15, -0.1) is 0 Å². The molecule has 1 fully saturated rings. The fourth-order valence-electron chi connectivity index (χ4n) is 4.55. The van der Waals surface area contributed by atoms with Crippen LogP contribution in [0.5, 0.6) is 0 Å². The number of aromatic amines is 1. The van der Waals surface area contributed by atoms with E-state index in [1.807, 2.05) is 43.3 Å². The number of anilines is 2. The highest BCUT2D eigenvalue weighted by molar-refractivity contribution is 6.09. The molecule has 1 saturated heterocycles. The van der Waals surface area contributed by atoms with E-state index >= 15 is 0 Å². The summed E-state index contributed by atoms with van der Waals surface area (Å²) in [6.45, 7) is 5.07. The average molecular weight is 457 g/mol. The SMILES string of the molecule is Cc1cc(=O)[nH]c2ccc(NC(=O)c3cc(CNCc4ccco4)ccc3N3CCCC3)cc12. The number of furan rings is 1. The molecular weight excluding hydrogens is 428 g/mol. The summed E-state index contributed by atoms with van der Waals surface area (Å²) in [6, 6.07) is 17.0. The first-order valence-corrected chi connectivity index (χ1v) is 11.6. The van der Waals surface area contributed by atoms with Crippen molar-refractivity contribution in [3.8, 4) is 0 Å². The third-order valence-electron chi connectivity index (χ3n) is 6.27. The zero-order valence-electron chi connectivity index (χ0n) is 19.2. The number of carbonyl (C=O) groups excluding carboxylic acids is 1. The molecule has 0 unspecified atom stereocenters. The smallest absolute Gasteiger partial charge is 0.257 e. The van der Waals surface area contributed by atoms with E-state index in [-0.39, 0.29) is 11.5 Å².